The van der Waals surface area contributed by atoms with Gasteiger partial charge in [-0.05, 0) is 11.1 Å². The molecule has 1 amide bonds. The molecule has 1 aromatic carbocycles. The Kier molecular flexibility index (Phi) is 3.66. The van der Waals surface area contributed by atoms with Crippen LogP contribution in [0.4, 0.5) is 0 Å². The van der Waals surface area contributed by atoms with Crippen LogP contribution in [-0.4, -0.2) is 59.1 Å². The summed E-state index contributed by atoms with van der Waals surface area (Å²) in [7, 11) is 0. The summed E-state index contributed by atoms with van der Waals surface area (Å²) in [6.45, 7) is 2.96. The Labute approximate surface area is 124 Å². The van der Waals surface area contributed by atoms with E-state index in [-0.39, 0.29) is 5.91 Å². The molecule has 2 aliphatic rings. The number of carbonyl (C=O) groups excluding carboxylic acids is 1. The topological polar surface area (TPSA) is 67.6 Å². The van der Waals surface area contributed by atoms with Gasteiger partial charge in [0.25, 0.3) is 5.91 Å². The van der Waals surface area contributed by atoms with Crippen molar-refractivity contribution in [2.24, 2.45) is 0 Å². The van der Waals surface area contributed by atoms with Crippen molar-refractivity contribution in [2.75, 3.05) is 32.7 Å². The number of nitrogens with zero attached hydrogens (tertiary/aromatic N) is 3. The van der Waals surface area contributed by atoms with Crippen LogP contribution in [0.2, 0.25) is 0 Å². The fourth-order valence-electron chi connectivity index (χ4n) is 3.25. The number of benzene rings is 1. The summed E-state index contributed by atoms with van der Waals surface area (Å²) >= 11 is 0. The maximum absolute atomic E-state index is 12.6. The quantitative estimate of drug-likeness (QED) is 0.787. The molecule has 0 atom stereocenters. The molecule has 1 aliphatic carbocycles. The second-order valence-corrected chi connectivity index (χ2v) is 5.88. The van der Waals surface area contributed by atoms with Crippen molar-refractivity contribution >= 4 is 5.91 Å². The van der Waals surface area contributed by atoms with Gasteiger partial charge in [0.2, 0.25) is 0 Å². The minimum absolute atomic E-state index is 0.171. The Morgan fingerprint density at radius 1 is 1.19 bits per heavy atom. The fourth-order valence-corrected chi connectivity index (χ4v) is 3.25. The largest absolute Gasteiger partial charge is 0.379 e. The third kappa shape index (κ3) is 2.65. The van der Waals surface area contributed by atoms with E-state index in [4.69, 9.17) is 5.26 Å². The number of nitriles is 1. The number of piperazine rings is 1. The van der Waals surface area contributed by atoms with Gasteiger partial charge in [0, 0.05) is 39.0 Å². The number of carbonyl (C=O) groups is 1. The summed E-state index contributed by atoms with van der Waals surface area (Å²) in [6, 6.07) is 9.96. The second-order valence-electron chi connectivity index (χ2n) is 5.88. The Morgan fingerprint density at radius 2 is 1.76 bits per heavy atom. The molecule has 5 nitrogen and oxygen atoms in total. The normalized spacial score (nSPS) is 20.9. The number of amides is 1. The van der Waals surface area contributed by atoms with Gasteiger partial charge >= 0.3 is 0 Å². The predicted molar refractivity (Wildman–Crippen MR) is 77.4 cm³/mol. The molecule has 0 spiro atoms. The monoisotopic (exact) mass is 285 g/mol. The zero-order chi connectivity index (χ0) is 14.9. The molecule has 0 bridgehead atoms. The van der Waals surface area contributed by atoms with Crippen LogP contribution in [0.15, 0.2) is 24.3 Å². The minimum Gasteiger partial charge on any atom is -0.379 e. The van der Waals surface area contributed by atoms with Gasteiger partial charge in [-0.1, -0.05) is 24.3 Å². The van der Waals surface area contributed by atoms with Crippen LogP contribution >= 0.6 is 0 Å². The van der Waals surface area contributed by atoms with Gasteiger partial charge in [-0.15, -0.1) is 0 Å². The molecule has 0 aromatic heterocycles. The molecule has 1 heterocycles. The molecular weight excluding hydrogens is 266 g/mol. The van der Waals surface area contributed by atoms with Crippen LogP contribution in [0.5, 0.6) is 0 Å². The third-order valence-corrected chi connectivity index (χ3v) is 4.44. The highest BCUT2D eigenvalue weighted by atomic mass is 16.3. The van der Waals surface area contributed by atoms with E-state index in [0.717, 1.165) is 11.1 Å². The van der Waals surface area contributed by atoms with E-state index in [1.165, 1.54) is 0 Å². The average Bonchev–Trinajstić information content (AvgIpc) is 2.85. The van der Waals surface area contributed by atoms with Gasteiger partial charge in [-0.2, -0.15) is 5.26 Å². The smallest absolute Gasteiger partial charge is 0.255 e. The van der Waals surface area contributed by atoms with Crippen molar-refractivity contribution in [3.63, 3.8) is 0 Å². The van der Waals surface area contributed by atoms with E-state index in [2.05, 4.69) is 6.07 Å². The number of aliphatic hydroxyl groups is 1. The molecule has 1 N–H and O–H groups in total. The molecular formula is C16H19N3O2. The lowest BCUT2D eigenvalue weighted by molar-refractivity contribution is -0.152. The molecule has 21 heavy (non-hydrogen) atoms. The first-order valence-corrected chi connectivity index (χ1v) is 7.30. The van der Waals surface area contributed by atoms with Crippen LogP contribution < -0.4 is 0 Å². The zero-order valence-corrected chi connectivity index (χ0v) is 12.0. The standard InChI is InChI=1S/C16H19N3O2/c17-5-6-18-7-9-19(10-8-18)15(20)16(21)11-13-3-1-2-4-14(13)12-16/h1-4,21H,6-12H2. The van der Waals surface area contributed by atoms with Crippen molar-refractivity contribution < 1.29 is 9.90 Å². The lowest BCUT2D eigenvalue weighted by Gasteiger charge is -2.37. The summed E-state index contributed by atoms with van der Waals surface area (Å²) in [5.74, 6) is -0.171. The highest BCUT2D eigenvalue weighted by molar-refractivity contribution is 5.87. The fraction of sp³-hybridized carbons (Fsp3) is 0.500. The van der Waals surface area contributed by atoms with Gasteiger partial charge in [0.1, 0.15) is 0 Å². The molecule has 1 fully saturated rings. The number of hydrogen-bond donors (Lipinski definition) is 1. The van der Waals surface area contributed by atoms with Crippen molar-refractivity contribution in [3.8, 4) is 6.07 Å². The average molecular weight is 285 g/mol. The van der Waals surface area contributed by atoms with E-state index >= 15 is 0 Å². The maximum Gasteiger partial charge on any atom is 0.255 e. The Balaban J connectivity index is 1.66. The first-order valence-electron chi connectivity index (χ1n) is 7.30. The van der Waals surface area contributed by atoms with E-state index in [1.54, 1.807) is 4.90 Å². The summed E-state index contributed by atoms with van der Waals surface area (Å²) in [4.78, 5) is 16.4. The summed E-state index contributed by atoms with van der Waals surface area (Å²) in [6.07, 6.45) is 0.806. The van der Waals surface area contributed by atoms with E-state index in [9.17, 15) is 9.90 Å². The number of rotatable bonds is 2. The molecule has 1 saturated heterocycles. The van der Waals surface area contributed by atoms with E-state index in [1.807, 2.05) is 29.2 Å². The summed E-state index contributed by atoms with van der Waals surface area (Å²) in [5.41, 5.74) is 0.842. The molecule has 0 saturated carbocycles. The molecule has 5 heteroatoms. The number of hydrogen-bond acceptors (Lipinski definition) is 4. The molecule has 0 unspecified atom stereocenters. The minimum atomic E-state index is -1.29. The van der Waals surface area contributed by atoms with Gasteiger partial charge in [-0.25, -0.2) is 0 Å². The predicted octanol–water partition coefficient (Wildman–Crippen LogP) is 0.184. The van der Waals surface area contributed by atoms with Crippen molar-refractivity contribution in [1.82, 2.24) is 9.80 Å². The highest BCUT2D eigenvalue weighted by Crippen LogP contribution is 2.31. The number of fused-ring (bicyclic) bond motifs is 1. The van der Waals surface area contributed by atoms with Crippen LogP contribution in [0.25, 0.3) is 0 Å². The van der Waals surface area contributed by atoms with Crippen LogP contribution in [0.1, 0.15) is 11.1 Å². The first kappa shape index (κ1) is 14.1. The van der Waals surface area contributed by atoms with Gasteiger partial charge in [-0.3, -0.25) is 9.69 Å². The second kappa shape index (κ2) is 5.47. The molecule has 3 rings (SSSR count). The van der Waals surface area contributed by atoms with Crippen molar-refractivity contribution in [1.29, 1.82) is 5.26 Å². The Hall–Kier alpha value is -1.90. The molecule has 110 valence electrons. The van der Waals surface area contributed by atoms with E-state index < -0.39 is 5.60 Å². The SMILES string of the molecule is N#CCN1CCN(C(=O)C2(O)Cc3ccccc3C2)CC1. The van der Waals surface area contributed by atoms with Crippen LogP contribution in [-0.2, 0) is 17.6 Å². The summed E-state index contributed by atoms with van der Waals surface area (Å²) < 4.78 is 0. The molecule has 0 radical (unpaired) electrons. The molecule has 1 aromatic rings. The zero-order valence-electron chi connectivity index (χ0n) is 12.0. The molecule has 1 aliphatic heterocycles. The lowest BCUT2D eigenvalue weighted by Crippen LogP contribution is -2.56. The maximum atomic E-state index is 12.6. The third-order valence-electron chi connectivity index (χ3n) is 4.44. The Morgan fingerprint density at radius 3 is 2.29 bits per heavy atom. The van der Waals surface area contributed by atoms with Gasteiger partial charge in [0.05, 0.1) is 12.6 Å². The first-order chi connectivity index (χ1) is 10.1. The lowest BCUT2D eigenvalue weighted by atomic mass is 9.98. The van der Waals surface area contributed by atoms with Crippen LogP contribution in [0, 0.1) is 11.3 Å². The van der Waals surface area contributed by atoms with Gasteiger partial charge in [0.15, 0.2) is 5.60 Å². The Bertz CT molecular complexity index is 560. The van der Waals surface area contributed by atoms with Crippen LogP contribution in [0.3, 0.4) is 0 Å². The van der Waals surface area contributed by atoms with Gasteiger partial charge < -0.3 is 10.0 Å². The van der Waals surface area contributed by atoms with E-state index in [0.29, 0.717) is 45.6 Å². The van der Waals surface area contributed by atoms with Crippen molar-refractivity contribution in [2.45, 2.75) is 18.4 Å². The highest BCUT2D eigenvalue weighted by Gasteiger charge is 2.44. The van der Waals surface area contributed by atoms with Crippen molar-refractivity contribution in [3.05, 3.63) is 35.4 Å². The summed E-state index contributed by atoms with van der Waals surface area (Å²) in [5, 5.41) is 19.4.